The number of sulfonamides is 1. The van der Waals surface area contributed by atoms with Crippen molar-refractivity contribution in [3.63, 3.8) is 0 Å². The highest BCUT2D eigenvalue weighted by molar-refractivity contribution is 7.89. The largest absolute Gasteiger partial charge is 0.417 e. The number of ketones is 1. The number of fused-ring (bicyclic) bond motifs is 2. The topological polar surface area (TPSA) is 103 Å². The zero-order chi connectivity index (χ0) is 30.7. The highest BCUT2D eigenvalue weighted by Crippen LogP contribution is 2.51. The van der Waals surface area contributed by atoms with Gasteiger partial charge in [0.15, 0.2) is 5.78 Å². The second-order valence-corrected chi connectivity index (χ2v) is 12.9. The van der Waals surface area contributed by atoms with Gasteiger partial charge in [-0.15, -0.1) is 0 Å². The predicted molar refractivity (Wildman–Crippen MR) is 147 cm³/mol. The molecule has 0 saturated heterocycles. The van der Waals surface area contributed by atoms with Crippen LogP contribution in [0.5, 0.6) is 0 Å². The molecule has 9 nitrogen and oxygen atoms in total. The van der Waals surface area contributed by atoms with E-state index < -0.39 is 44.8 Å². The monoisotopic (exact) mass is 614 g/mol. The minimum atomic E-state index is -4.62. The van der Waals surface area contributed by atoms with Crippen LogP contribution in [-0.4, -0.2) is 56.1 Å². The molecule has 3 aromatic heterocycles. The molecule has 14 heteroatoms. The SMILES string of the molecule is CN([C@H]1CCC2=Cc3c(cnn3-c3ccc(F)cc3)C[C@]2(C(=O)c2ccc(C(F)(F)F)cn2)C1)S(=O)(=O)c1cnn(C)c1. The summed E-state index contributed by atoms with van der Waals surface area (Å²) in [6.45, 7) is 0. The second kappa shape index (κ2) is 10.2. The lowest BCUT2D eigenvalue weighted by Gasteiger charge is -2.45. The molecule has 1 saturated carbocycles. The van der Waals surface area contributed by atoms with Crippen LogP contribution in [0.4, 0.5) is 17.6 Å². The molecule has 1 aromatic carbocycles. The second-order valence-electron chi connectivity index (χ2n) is 10.9. The molecule has 3 heterocycles. The van der Waals surface area contributed by atoms with Gasteiger partial charge in [-0.1, -0.05) is 5.57 Å². The number of pyridine rings is 1. The van der Waals surface area contributed by atoms with E-state index in [1.807, 2.05) is 6.08 Å². The standard InChI is InChI=1S/C29H26F4N6O3S/c1-37-17-24(16-35-37)43(41,42)38(2)23-7-3-19-11-26-18(14-36-39(26)22-8-5-21(30)6-9-22)12-28(19,13-23)27(40)25-10-4-20(15-34-25)29(31,32)33/h4-6,8-11,14-17,23H,3,7,12-13H2,1-2H3/t23-,28-/m0/s1. The first-order valence-electron chi connectivity index (χ1n) is 13.4. The number of allylic oxidation sites excluding steroid dienone is 1. The number of aryl methyl sites for hydroxylation is 1. The lowest BCUT2D eigenvalue weighted by molar-refractivity contribution is -0.137. The van der Waals surface area contributed by atoms with Crippen LogP contribution in [0.15, 0.2) is 71.7 Å². The maximum atomic E-state index is 14.3. The molecule has 224 valence electrons. The van der Waals surface area contributed by atoms with E-state index in [4.69, 9.17) is 0 Å². The van der Waals surface area contributed by atoms with Gasteiger partial charge in [-0.05, 0) is 73.7 Å². The molecule has 0 amide bonds. The minimum Gasteiger partial charge on any atom is -0.291 e. The maximum Gasteiger partial charge on any atom is 0.417 e. The van der Waals surface area contributed by atoms with Gasteiger partial charge >= 0.3 is 6.18 Å². The molecule has 0 spiro atoms. The number of hydrogen-bond donors (Lipinski definition) is 0. The lowest BCUT2D eigenvalue weighted by Crippen LogP contribution is -2.49. The highest BCUT2D eigenvalue weighted by atomic mass is 32.2. The third-order valence-corrected chi connectivity index (χ3v) is 10.2. The average molecular weight is 615 g/mol. The van der Waals surface area contributed by atoms with Crippen molar-refractivity contribution in [2.45, 2.75) is 42.8 Å². The van der Waals surface area contributed by atoms with Gasteiger partial charge in [-0.3, -0.25) is 14.5 Å². The van der Waals surface area contributed by atoms with Crippen molar-refractivity contribution < 1.29 is 30.8 Å². The summed E-state index contributed by atoms with van der Waals surface area (Å²) in [6.07, 6.45) is 3.05. The maximum absolute atomic E-state index is 14.3. The number of carbonyl (C=O) groups is 1. The van der Waals surface area contributed by atoms with Crippen LogP contribution in [-0.2, 0) is 29.7 Å². The van der Waals surface area contributed by atoms with Crippen LogP contribution < -0.4 is 0 Å². The first-order valence-corrected chi connectivity index (χ1v) is 14.8. The third kappa shape index (κ3) is 4.97. The van der Waals surface area contributed by atoms with Crippen molar-refractivity contribution in [2.75, 3.05) is 7.05 Å². The Bertz CT molecular complexity index is 1850. The van der Waals surface area contributed by atoms with Crippen LogP contribution in [0.3, 0.4) is 0 Å². The number of alkyl halides is 3. The van der Waals surface area contributed by atoms with Crippen LogP contribution in [0.2, 0.25) is 0 Å². The van der Waals surface area contributed by atoms with Crippen molar-refractivity contribution in [1.29, 1.82) is 0 Å². The quantitative estimate of drug-likeness (QED) is 0.228. The zero-order valence-electron chi connectivity index (χ0n) is 23.1. The van der Waals surface area contributed by atoms with Crippen LogP contribution in [0, 0.1) is 11.2 Å². The van der Waals surface area contributed by atoms with Crippen LogP contribution >= 0.6 is 0 Å². The summed E-state index contributed by atoms with van der Waals surface area (Å²) in [5.41, 5.74) is 0.293. The number of nitrogens with zero attached hydrogens (tertiary/aromatic N) is 6. The molecule has 6 rings (SSSR count). The summed E-state index contributed by atoms with van der Waals surface area (Å²) in [5.74, 6) is -0.898. The van der Waals surface area contributed by atoms with E-state index in [1.54, 1.807) is 30.1 Å². The molecular formula is C29H26F4N6O3S. The molecule has 0 bridgehead atoms. The first kappa shape index (κ1) is 28.9. The summed E-state index contributed by atoms with van der Waals surface area (Å²) in [5, 5.41) is 8.44. The van der Waals surface area contributed by atoms with Crippen LogP contribution in [0.25, 0.3) is 11.8 Å². The molecule has 43 heavy (non-hydrogen) atoms. The molecule has 0 N–H and O–H groups in total. The Labute approximate surface area is 244 Å². The van der Waals surface area contributed by atoms with E-state index in [0.29, 0.717) is 41.6 Å². The summed E-state index contributed by atoms with van der Waals surface area (Å²) in [4.78, 5) is 18.2. The van der Waals surface area contributed by atoms with Gasteiger partial charge in [0.2, 0.25) is 10.0 Å². The van der Waals surface area contributed by atoms with E-state index in [-0.39, 0.29) is 23.4 Å². The van der Waals surface area contributed by atoms with Crippen molar-refractivity contribution in [3.05, 3.63) is 95.1 Å². The molecular weight excluding hydrogens is 588 g/mol. The molecule has 2 atom stereocenters. The number of halogens is 4. The normalized spacial score (nSPS) is 20.4. The smallest absolute Gasteiger partial charge is 0.291 e. The van der Waals surface area contributed by atoms with Gasteiger partial charge in [0, 0.05) is 32.5 Å². The minimum absolute atomic E-state index is 0.00938. The average Bonchev–Trinajstić information content (AvgIpc) is 3.61. The van der Waals surface area contributed by atoms with Gasteiger partial charge in [-0.2, -0.15) is 27.7 Å². The van der Waals surface area contributed by atoms with Gasteiger partial charge in [0.1, 0.15) is 16.4 Å². The number of benzene rings is 1. The summed E-state index contributed by atoms with van der Waals surface area (Å²) < 4.78 is 84.5. The first-order chi connectivity index (χ1) is 20.3. The van der Waals surface area contributed by atoms with E-state index in [9.17, 15) is 30.8 Å². The number of carbonyl (C=O) groups excluding carboxylic acids is 1. The Kier molecular flexibility index (Phi) is 6.88. The van der Waals surface area contributed by atoms with E-state index in [2.05, 4.69) is 15.2 Å². The predicted octanol–water partition coefficient (Wildman–Crippen LogP) is 4.84. The summed E-state index contributed by atoms with van der Waals surface area (Å²) >= 11 is 0. The molecule has 2 aliphatic carbocycles. The van der Waals surface area contributed by atoms with E-state index >= 15 is 0 Å². The molecule has 0 aliphatic heterocycles. The van der Waals surface area contributed by atoms with Crippen molar-refractivity contribution in [3.8, 4) is 5.69 Å². The van der Waals surface area contributed by atoms with Crippen molar-refractivity contribution >= 4 is 21.9 Å². The van der Waals surface area contributed by atoms with Crippen molar-refractivity contribution in [1.82, 2.24) is 28.9 Å². The zero-order valence-corrected chi connectivity index (χ0v) is 23.9. The summed E-state index contributed by atoms with van der Waals surface area (Å²) in [6, 6.07) is 7.06. The molecule has 4 aromatic rings. The fourth-order valence-electron chi connectivity index (χ4n) is 6.02. The number of hydrogen-bond acceptors (Lipinski definition) is 6. The summed E-state index contributed by atoms with van der Waals surface area (Å²) in [7, 11) is -0.899. The van der Waals surface area contributed by atoms with Crippen molar-refractivity contribution in [2.24, 2.45) is 12.5 Å². The number of rotatable bonds is 6. The number of aromatic nitrogens is 5. The number of Topliss-reactive ketones (excluding diaryl/α,β-unsaturated/α-hetero) is 1. The molecule has 0 unspecified atom stereocenters. The Morgan fingerprint density at radius 2 is 1.81 bits per heavy atom. The molecule has 1 fully saturated rings. The van der Waals surface area contributed by atoms with Gasteiger partial charge in [0.25, 0.3) is 0 Å². The van der Waals surface area contributed by atoms with Gasteiger partial charge in [0.05, 0.1) is 34.8 Å². The fraction of sp³-hybridized carbons (Fsp3) is 0.310. The third-order valence-electron chi connectivity index (χ3n) is 8.34. The lowest BCUT2D eigenvalue weighted by atomic mass is 9.60. The molecule has 0 radical (unpaired) electrons. The highest BCUT2D eigenvalue weighted by Gasteiger charge is 2.51. The van der Waals surface area contributed by atoms with Crippen LogP contribution in [0.1, 0.15) is 46.6 Å². The van der Waals surface area contributed by atoms with Gasteiger partial charge in [-0.25, -0.2) is 17.5 Å². The van der Waals surface area contributed by atoms with E-state index in [1.165, 1.54) is 40.6 Å². The Morgan fingerprint density at radius 3 is 2.44 bits per heavy atom. The fourth-order valence-corrected chi connectivity index (χ4v) is 7.39. The Hall–Kier alpha value is -4.17. The Balaban J connectivity index is 1.42. The van der Waals surface area contributed by atoms with E-state index in [0.717, 1.165) is 12.1 Å². The Morgan fingerprint density at radius 1 is 1.07 bits per heavy atom. The molecule has 2 aliphatic rings. The van der Waals surface area contributed by atoms with Gasteiger partial charge < -0.3 is 0 Å².